The first-order valence-electron chi connectivity index (χ1n) is 5.79. The fourth-order valence-corrected chi connectivity index (χ4v) is 1.85. The van der Waals surface area contributed by atoms with E-state index in [2.05, 4.69) is 15.5 Å². The molecule has 2 heterocycles. The zero-order chi connectivity index (χ0) is 12.4. The minimum absolute atomic E-state index is 0.00120. The van der Waals surface area contributed by atoms with Crippen molar-refractivity contribution in [1.29, 1.82) is 0 Å². The van der Waals surface area contributed by atoms with Gasteiger partial charge < -0.3 is 24.8 Å². The predicted octanol–water partition coefficient (Wildman–Crippen LogP) is -0.718. The van der Waals surface area contributed by atoms with Gasteiger partial charge in [-0.05, 0) is 13.5 Å². The van der Waals surface area contributed by atoms with Crippen molar-refractivity contribution in [3.63, 3.8) is 0 Å². The molecular weight excluding hydrogens is 224 g/mol. The van der Waals surface area contributed by atoms with Crippen LogP contribution in [-0.2, 0) is 0 Å². The fraction of sp³-hybridized carbons (Fsp3) is 0.800. The molecule has 0 amide bonds. The quantitative estimate of drug-likeness (QED) is 0.641. The molecule has 3 atom stereocenters. The van der Waals surface area contributed by atoms with Gasteiger partial charge in [-0.2, -0.15) is 0 Å². The average Bonchev–Trinajstić information content (AvgIpc) is 2.87. The zero-order valence-electron chi connectivity index (χ0n) is 10.00. The zero-order valence-corrected chi connectivity index (χ0v) is 10.00. The Morgan fingerprint density at radius 2 is 2.06 bits per heavy atom. The van der Waals surface area contributed by atoms with Gasteiger partial charge in [0.2, 0.25) is 5.89 Å². The number of hydrogen-bond acceptors (Lipinski definition) is 7. The maximum Gasteiger partial charge on any atom is 0.318 e. The maximum absolute atomic E-state index is 9.44. The number of nitrogens with one attached hydrogen (secondary N) is 1. The number of β-amino-alcohol motifs (C(OH)–C–C–N with tert-alkyl or cyclic N) is 2. The van der Waals surface area contributed by atoms with E-state index in [1.54, 1.807) is 4.90 Å². The molecule has 3 N–H and O–H groups in total. The second-order valence-electron chi connectivity index (χ2n) is 4.24. The topological polar surface area (TPSA) is 94.7 Å². The highest BCUT2D eigenvalue weighted by Crippen LogP contribution is 2.21. The van der Waals surface area contributed by atoms with E-state index in [4.69, 9.17) is 4.42 Å². The maximum atomic E-state index is 9.44. The van der Waals surface area contributed by atoms with E-state index < -0.39 is 12.2 Å². The van der Waals surface area contributed by atoms with Crippen molar-refractivity contribution < 1.29 is 14.6 Å². The molecular formula is C10H18N4O3. The Labute approximate surface area is 99.4 Å². The highest BCUT2D eigenvalue weighted by Gasteiger charge is 2.32. The molecule has 0 radical (unpaired) electrons. The molecule has 1 saturated heterocycles. The summed E-state index contributed by atoms with van der Waals surface area (Å²) in [6, 6.07) is 0.346. The van der Waals surface area contributed by atoms with Crippen molar-refractivity contribution in [1.82, 2.24) is 15.5 Å². The molecule has 96 valence electrons. The van der Waals surface area contributed by atoms with Gasteiger partial charge in [0.05, 0.1) is 31.3 Å². The lowest BCUT2D eigenvalue weighted by molar-refractivity contribution is 0.0572. The van der Waals surface area contributed by atoms with Crippen molar-refractivity contribution in [2.45, 2.75) is 32.1 Å². The summed E-state index contributed by atoms with van der Waals surface area (Å²) >= 11 is 0. The molecule has 0 saturated carbocycles. The molecule has 0 aromatic carbocycles. The van der Waals surface area contributed by atoms with Gasteiger partial charge in [0, 0.05) is 0 Å². The average molecular weight is 242 g/mol. The molecule has 3 unspecified atom stereocenters. The van der Waals surface area contributed by atoms with Gasteiger partial charge in [0.25, 0.3) is 0 Å². The van der Waals surface area contributed by atoms with Crippen LogP contribution in [0.1, 0.15) is 25.8 Å². The predicted molar refractivity (Wildman–Crippen MR) is 60.6 cm³/mol. The van der Waals surface area contributed by atoms with E-state index >= 15 is 0 Å². The van der Waals surface area contributed by atoms with Gasteiger partial charge in [0.1, 0.15) is 0 Å². The monoisotopic (exact) mass is 242 g/mol. The van der Waals surface area contributed by atoms with Gasteiger partial charge in [0.15, 0.2) is 0 Å². The number of aliphatic hydroxyl groups excluding tert-OH is 2. The Morgan fingerprint density at radius 1 is 1.41 bits per heavy atom. The number of nitrogens with zero attached hydrogens (tertiary/aromatic N) is 3. The number of anilines is 1. The van der Waals surface area contributed by atoms with Crippen molar-refractivity contribution in [2.75, 3.05) is 24.5 Å². The Kier molecular flexibility index (Phi) is 3.60. The lowest BCUT2D eigenvalue weighted by Gasteiger charge is -2.11. The third kappa shape index (κ3) is 2.56. The van der Waals surface area contributed by atoms with Crippen LogP contribution in [0.3, 0.4) is 0 Å². The van der Waals surface area contributed by atoms with Crippen LogP contribution in [-0.4, -0.2) is 52.3 Å². The third-order valence-electron chi connectivity index (χ3n) is 2.84. The first-order valence-corrected chi connectivity index (χ1v) is 5.79. The van der Waals surface area contributed by atoms with E-state index in [0.29, 0.717) is 25.0 Å². The molecule has 1 aromatic heterocycles. The SMILES string of the molecule is CCNC(C)c1nnc(N2CC(O)C(O)C2)o1. The van der Waals surface area contributed by atoms with E-state index in [9.17, 15) is 10.2 Å². The second-order valence-corrected chi connectivity index (χ2v) is 4.24. The number of aliphatic hydroxyl groups is 2. The number of aromatic nitrogens is 2. The molecule has 0 spiro atoms. The summed E-state index contributed by atoms with van der Waals surface area (Å²) in [5.41, 5.74) is 0. The van der Waals surface area contributed by atoms with Crippen molar-refractivity contribution >= 4 is 6.01 Å². The molecule has 0 bridgehead atoms. The molecule has 1 fully saturated rings. The van der Waals surface area contributed by atoms with Gasteiger partial charge in [-0.3, -0.25) is 0 Å². The number of rotatable bonds is 4. The minimum Gasteiger partial charge on any atom is -0.406 e. The third-order valence-corrected chi connectivity index (χ3v) is 2.84. The van der Waals surface area contributed by atoms with Gasteiger partial charge in [-0.1, -0.05) is 12.0 Å². The van der Waals surface area contributed by atoms with Gasteiger partial charge in [-0.15, -0.1) is 5.10 Å². The highest BCUT2D eigenvalue weighted by atomic mass is 16.4. The lowest BCUT2D eigenvalue weighted by atomic mass is 10.3. The molecule has 1 aliphatic heterocycles. The molecule has 7 heteroatoms. The Hall–Kier alpha value is -1.18. The van der Waals surface area contributed by atoms with E-state index in [1.165, 1.54) is 0 Å². The first kappa shape index (κ1) is 12.3. The van der Waals surface area contributed by atoms with Crippen LogP contribution in [0.15, 0.2) is 4.42 Å². The lowest BCUT2D eigenvalue weighted by Crippen LogP contribution is -2.22. The van der Waals surface area contributed by atoms with Crippen molar-refractivity contribution in [3.8, 4) is 0 Å². The summed E-state index contributed by atoms with van der Waals surface area (Å²) in [6.07, 6.45) is -1.51. The second kappa shape index (κ2) is 4.99. The summed E-state index contributed by atoms with van der Waals surface area (Å²) in [4.78, 5) is 1.69. The van der Waals surface area contributed by atoms with E-state index in [-0.39, 0.29) is 6.04 Å². The Balaban J connectivity index is 2.03. The van der Waals surface area contributed by atoms with Crippen LogP contribution < -0.4 is 10.2 Å². The summed E-state index contributed by atoms with van der Waals surface area (Å²) in [6.45, 7) is 5.40. The van der Waals surface area contributed by atoms with Crippen LogP contribution in [0, 0.1) is 0 Å². The first-order chi connectivity index (χ1) is 8.11. The van der Waals surface area contributed by atoms with Crippen LogP contribution in [0.4, 0.5) is 6.01 Å². The van der Waals surface area contributed by atoms with E-state index in [0.717, 1.165) is 6.54 Å². The summed E-state index contributed by atoms with van der Waals surface area (Å²) in [5, 5.41) is 29.9. The summed E-state index contributed by atoms with van der Waals surface area (Å²) < 4.78 is 5.50. The Bertz CT molecular complexity index is 360. The molecule has 0 aliphatic carbocycles. The highest BCUT2D eigenvalue weighted by molar-refractivity contribution is 5.28. The molecule has 7 nitrogen and oxygen atoms in total. The van der Waals surface area contributed by atoms with Crippen LogP contribution >= 0.6 is 0 Å². The van der Waals surface area contributed by atoms with Crippen LogP contribution in [0.5, 0.6) is 0 Å². The van der Waals surface area contributed by atoms with E-state index in [1.807, 2.05) is 13.8 Å². The molecule has 1 aromatic rings. The summed E-state index contributed by atoms with van der Waals surface area (Å²) in [5.74, 6) is 0.512. The number of hydrogen-bond donors (Lipinski definition) is 3. The van der Waals surface area contributed by atoms with Gasteiger partial charge in [-0.25, -0.2) is 0 Å². The molecule has 1 aliphatic rings. The van der Waals surface area contributed by atoms with Crippen LogP contribution in [0.2, 0.25) is 0 Å². The standard InChI is InChI=1S/C10H18N4O3/c1-3-11-6(2)9-12-13-10(17-9)14-4-7(15)8(16)5-14/h6-8,11,15-16H,3-5H2,1-2H3. The van der Waals surface area contributed by atoms with Crippen molar-refractivity contribution in [2.24, 2.45) is 0 Å². The smallest absolute Gasteiger partial charge is 0.318 e. The fourth-order valence-electron chi connectivity index (χ4n) is 1.85. The normalized spacial score (nSPS) is 26.5. The van der Waals surface area contributed by atoms with Crippen molar-refractivity contribution in [3.05, 3.63) is 5.89 Å². The van der Waals surface area contributed by atoms with Crippen LogP contribution in [0.25, 0.3) is 0 Å². The largest absolute Gasteiger partial charge is 0.406 e. The minimum atomic E-state index is -0.753. The Morgan fingerprint density at radius 3 is 2.65 bits per heavy atom. The molecule has 17 heavy (non-hydrogen) atoms. The molecule has 2 rings (SSSR count). The summed E-state index contributed by atoms with van der Waals surface area (Å²) in [7, 11) is 0. The van der Waals surface area contributed by atoms with Gasteiger partial charge >= 0.3 is 6.01 Å².